The number of hydrogen-bond donors (Lipinski definition) is 2. The number of anilines is 2. The average Bonchev–Trinajstić information content (AvgIpc) is 2.63. The van der Waals surface area contributed by atoms with Gasteiger partial charge in [-0.3, -0.25) is 15.0 Å². The first-order valence-electron chi connectivity index (χ1n) is 8.63. The van der Waals surface area contributed by atoms with E-state index in [-0.39, 0.29) is 34.7 Å². The van der Waals surface area contributed by atoms with Crippen LogP contribution in [0.15, 0.2) is 24.4 Å². The second-order valence-electron chi connectivity index (χ2n) is 6.64. The molecule has 1 aromatic carbocycles. The molecule has 0 aliphatic carbocycles. The molecule has 1 saturated heterocycles. The largest absolute Gasteiger partial charge is 0.494 e. The van der Waals surface area contributed by atoms with Gasteiger partial charge in [0, 0.05) is 18.3 Å². The van der Waals surface area contributed by atoms with E-state index < -0.39 is 4.92 Å². The maximum atomic E-state index is 13.8. The van der Waals surface area contributed by atoms with Crippen LogP contribution in [0.3, 0.4) is 0 Å². The first-order chi connectivity index (χ1) is 12.9. The SMILES string of the molecule is COc1ccc(CN2CCC(c3cnc(N)c([N+](=O)[O-])c3N)CC2)cc1F. The van der Waals surface area contributed by atoms with Crippen LogP contribution in [0.4, 0.5) is 21.6 Å². The number of pyridine rings is 1. The Bertz CT molecular complexity index is 853. The molecule has 1 fully saturated rings. The molecule has 4 N–H and O–H groups in total. The van der Waals surface area contributed by atoms with E-state index in [0.717, 1.165) is 31.5 Å². The molecule has 2 aromatic rings. The van der Waals surface area contributed by atoms with Gasteiger partial charge in [-0.25, -0.2) is 9.37 Å². The van der Waals surface area contributed by atoms with Crippen LogP contribution in [-0.2, 0) is 6.54 Å². The van der Waals surface area contributed by atoms with Gasteiger partial charge >= 0.3 is 5.69 Å². The van der Waals surface area contributed by atoms with Crippen molar-refractivity contribution in [2.75, 3.05) is 31.7 Å². The van der Waals surface area contributed by atoms with Crippen molar-refractivity contribution < 1.29 is 14.1 Å². The Labute approximate surface area is 156 Å². The Hall–Kier alpha value is -2.94. The lowest BCUT2D eigenvalue weighted by Crippen LogP contribution is -2.32. The molecule has 1 aliphatic rings. The monoisotopic (exact) mass is 375 g/mol. The predicted molar refractivity (Wildman–Crippen MR) is 99.9 cm³/mol. The minimum atomic E-state index is -0.589. The average molecular weight is 375 g/mol. The highest BCUT2D eigenvalue weighted by Gasteiger charge is 2.28. The fraction of sp³-hybridized carbons (Fsp3) is 0.389. The molecule has 1 aromatic heterocycles. The van der Waals surface area contributed by atoms with E-state index in [2.05, 4.69) is 9.88 Å². The Morgan fingerprint density at radius 2 is 2.07 bits per heavy atom. The lowest BCUT2D eigenvalue weighted by molar-refractivity contribution is -0.383. The number of halogens is 1. The third-order valence-electron chi connectivity index (χ3n) is 4.98. The van der Waals surface area contributed by atoms with Crippen LogP contribution in [0.1, 0.15) is 29.9 Å². The van der Waals surface area contributed by atoms with E-state index in [1.165, 1.54) is 19.4 Å². The van der Waals surface area contributed by atoms with Crippen LogP contribution < -0.4 is 16.2 Å². The van der Waals surface area contributed by atoms with Crippen LogP contribution >= 0.6 is 0 Å². The summed E-state index contributed by atoms with van der Waals surface area (Å²) < 4.78 is 18.8. The van der Waals surface area contributed by atoms with Crippen molar-refractivity contribution in [3.05, 3.63) is 51.5 Å². The summed E-state index contributed by atoms with van der Waals surface area (Å²) in [6.45, 7) is 2.18. The quantitative estimate of drug-likeness (QED) is 0.609. The lowest BCUT2D eigenvalue weighted by Gasteiger charge is -2.32. The smallest absolute Gasteiger partial charge is 0.334 e. The third-order valence-corrected chi connectivity index (χ3v) is 4.98. The maximum Gasteiger partial charge on any atom is 0.334 e. The van der Waals surface area contributed by atoms with E-state index in [1.54, 1.807) is 6.07 Å². The van der Waals surface area contributed by atoms with Crippen molar-refractivity contribution in [2.45, 2.75) is 25.3 Å². The van der Waals surface area contributed by atoms with Gasteiger partial charge in [0.1, 0.15) is 5.69 Å². The zero-order valence-corrected chi connectivity index (χ0v) is 15.0. The lowest BCUT2D eigenvalue weighted by atomic mass is 9.89. The minimum absolute atomic E-state index is 0.0839. The molecule has 0 amide bonds. The van der Waals surface area contributed by atoms with Gasteiger partial charge in [0.25, 0.3) is 0 Å². The summed E-state index contributed by atoms with van der Waals surface area (Å²) in [6, 6.07) is 4.95. The number of hydrogen-bond acceptors (Lipinski definition) is 7. The van der Waals surface area contributed by atoms with Gasteiger partial charge in [-0.1, -0.05) is 6.07 Å². The molecule has 0 bridgehead atoms. The third kappa shape index (κ3) is 3.92. The zero-order valence-electron chi connectivity index (χ0n) is 15.0. The number of nitro groups is 1. The van der Waals surface area contributed by atoms with Gasteiger partial charge in [-0.05, 0) is 49.5 Å². The Kier molecular flexibility index (Phi) is 5.41. The highest BCUT2D eigenvalue weighted by atomic mass is 19.1. The van der Waals surface area contributed by atoms with E-state index in [9.17, 15) is 14.5 Å². The summed E-state index contributed by atoms with van der Waals surface area (Å²) in [5, 5.41) is 11.2. The number of nitrogens with zero attached hydrogens (tertiary/aromatic N) is 3. The van der Waals surface area contributed by atoms with E-state index in [0.29, 0.717) is 12.1 Å². The molecule has 8 nitrogen and oxygen atoms in total. The van der Waals surface area contributed by atoms with E-state index in [4.69, 9.17) is 16.2 Å². The first kappa shape index (κ1) is 18.8. The normalized spacial score (nSPS) is 15.6. The second-order valence-corrected chi connectivity index (χ2v) is 6.64. The summed E-state index contributed by atoms with van der Waals surface area (Å²) in [4.78, 5) is 16.7. The topological polar surface area (TPSA) is 121 Å². The number of rotatable bonds is 5. The summed E-state index contributed by atoms with van der Waals surface area (Å²) >= 11 is 0. The van der Waals surface area contributed by atoms with Crippen molar-refractivity contribution >= 4 is 17.2 Å². The van der Waals surface area contributed by atoms with Crippen LogP contribution in [0, 0.1) is 15.9 Å². The molecule has 144 valence electrons. The molecule has 2 heterocycles. The number of ether oxygens (including phenoxy) is 1. The standard InChI is InChI=1S/C18H22FN5O3/c1-27-15-3-2-11(8-14(15)19)10-23-6-4-12(5-7-23)13-9-22-18(21)17(16(13)20)24(25)26/h2-3,8-9,12H,4-7,10H2,1H3,(H4,20,21,22). The van der Waals surface area contributed by atoms with Gasteiger partial charge in [-0.15, -0.1) is 0 Å². The molecule has 0 saturated carbocycles. The predicted octanol–water partition coefficient (Wildman–Crippen LogP) is 2.68. The summed E-state index contributed by atoms with van der Waals surface area (Å²) in [5.41, 5.74) is 12.9. The second kappa shape index (κ2) is 7.75. The van der Waals surface area contributed by atoms with Crippen LogP contribution in [-0.4, -0.2) is 35.0 Å². The molecular formula is C18H22FN5O3. The number of methoxy groups -OCH3 is 1. The molecule has 1 aliphatic heterocycles. The van der Waals surface area contributed by atoms with Crippen LogP contribution in [0.5, 0.6) is 5.75 Å². The molecule has 0 radical (unpaired) electrons. The number of nitrogens with two attached hydrogens (primary N) is 2. The Morgan fingerprint density at radius 1 is 1.37 bits per heavy atom. The molecule has 27 heavy (non-hydrogen) atoms. The summed E-state index contributed by atoms with van der Waals surface area (Å²) in [5.74, 6) is -0.232. The van der Waals surface area contributed by atoms with Gasteiger partial charge in [0.2, 0.25) is 5.82 Å². The zero-order chi connectivity index (χ0) is 19.6. The fourth-order valence-corrected chi connectivity index (χ4v) is 3.53. The number of likely N-dealkylation sites (tertiary alicyclic amines) is 1. The Morgan fingerprint density at radius 3 is 2.67 bits per heavy atom. The van der Waals surface area contributed by atoms with Crippen LogP contribution in [0.25, 0.3) is 0 Å². The highest BCUT2D eigenvalue weighted by molar-refractivity contribution is 5.72. The summed E-state index contributed by atoms with van der Waals surface area (Å²) in [7, 11) is 1.44. The van der Waals surface area contributed by atoms with Crippen LogP contribution in [0.2, 0.25) is 0 Å². The molecule has 0 unspecified atom stereocenters. The van der Waals surface area contributed by atoms with Gasteiger partial charge in [-0.2, -0.15) is 0 Å². The molecule has 0 spiro atoms. The molecule has 0 atom stereocenters. The number of aromatic nitrogens is 1. The van der Waals surface area contributed by atoms with Crippen molar-refractivity contribution in [1.29, 1.82) is 0 Å². The van der Waals surface area contributed by atoms with Crippen molar-refractivity contribution in [1.82, 2.24) is 9.88 Å². The Balaban J connectivity index is 1.66. The number of benzene rings is 1. The fourth-order valence-electron chi connectivity index (χ4n) is 3.53. The molecular weight excluding hydrogens is 353 g/mol. The number of nitrogen functional groups attached to an aromatic ring is 2. The van der Waals surface area contributed by atoms with E-state index >= 15 is 0 Å². The van der Waals surface area contributed by atoms with Crippen molar-refractivity contribution in [3.63, 3.8) is 0 Å². The first-order valence-corrected chi connectivity index (χ1v) is 8.63. The van der Waals surface area contributed by atoms with E-state index in [1.807, 2.05) is 6.07 Å². The number of piperidine rings is 1. The highest BCUT2D eigenvalue weighted by Crippen LogP contribution is 2.38. The summed E-state index contributed by atoms with van der Waals surface area (Å²) in [6.07, 6.45) is 3.11. The molecule has 3 rings (SSSR count). The van der Waals surface area contributed by atoms with Gasteiger partial charge < -0.3 is 16.2 Å². The maximum absolute atomic E-state index is 13.8. The van der Waals surface area contributed by atoms with Crippen molar-refractivity contribution in [2.24, 2.45) is 0 Å². The van der Waals surface area contributed by atoms with Gasteiger partial charge in [0.05, 0.1) is 12.0 Å². The van der Waals surface area contributed by atoms with Crippen molar-refractivity contribution in [3.8, 4) is 5.75 Å². The minimum Gasteiger partial charge on any atom is -0.494 e. The molecule has 9 heteroatoms. The van der Waals surface area contributed by atoms with Gasteiger partial charge in [0.15, 0.2) is 11.6 Å².